The molecule has 1 fully saturated rings. The maximum absolute atomic E-state index is 13.2. The summed E-state index contributed by atoms with van der Waals surface area (Å²) in [6.07, 6.45) is 3.47. The summed E-state index contributed by atoms with van der Waals surface area (Å²) in [4.78, 5) is 2.42. The van der Waals surface area contributed by atoms with E-state index in [4.69, 9.17) is 0 Å². The van der Waals surface area contributed by atoms with Gasteiger partial charge in [-0.05, 0) is 69.9 Å². The molecule has 1 aliphatic heterocycles. The standard InChI is InChI=1S/C16H25FN2.ClH/c1-13(10-15-4-3-5-16(17)11-15)19(2)12-14-6-8-18-9-7-14;/h3-5,11,13-14,18H,6-10,12H2,1-2H3;1H. The Hall–Kier alpha value is -0.640. The monoisotopic (exact) mass is 300 g/mol. The first-order chi connectivity index (χ1) is 9.15. The summed E-state index contributed by atoms with van der Waals surface area (Å²) >= 11 is 0. The van der Waals surface area contributed by atoms with Gasteiger partial charge in [-0.3, -0.25) is 0 Å². The van der Waals surface area contributed by atoms with Gasteiger partial charge in [0.15, 0.2) is 0 Å². The normalized spacial score (nSPS) is 17.8. The van der Waals surface area contributed by atoms with Gasteiger partial charge in [-0.1, -0.05) is 12.1 Å². The predicted octanol–water partition coefficient (Wildman–Crippen LogP) is 3.11. The van der Waals surface area contributed by atoms with E-state index in [0.29, 0.717) is 6.04 Å². The van der Waals surface area contributed by atoms with Crippen molar-refractivity contribution < 1.29 is 4.39 Å². The van der Waals surface area contributed by atoms with Crippen molar-refractivity contribution in [2.45, 2.75) is 32.2 Å². The average Bonchev–Trinajstić information content (AvgIpc) is 2.40. The average molecular weight is 301 g/mol. The molecule has 0 amide bonds. The Morgan fingerprint density at radius 1 is 1.35 bits per heavy atom. The molecule has 20 heavy (non-hydrogen) atoms. The van der Waals surface area contributed by atoms with Crippen LogP contribution in [0.3, 0.4) is 0 Å². The number of benzene rings is 1. The second-order valence-corrected chi connectivity index (χ2v) is 5.82. The molecule has 0 bridgehead atoms. The zero-order chi connectivity index (χ0) is 13.7. The lowest BCUT2D eigenvalue weighted by molar-refractivity contribution is 0.194. The van der Waals surface area contributed by atoms with Gasteiger partial charge in [-0.25, -0.2) is 4.39 Å². The van der Waals surface area contributed by atoms with E-state index in [-0.39, 0.29) is 18.2 Å². The van der Waals surface area contributed by atoms with Gasteiger partial charge < -0.3 is 10.2 Å². The zero-order valence-corrected chi connectivity index (χ0v) is 13.3. The molecule has 1 aromatic carbocycles. The van der Waals surface area contributed by atoms with Crippen molar-refractivity contribution in [3.63, 3.8) is 0 Å². The molecule has 1 atom stereocenters. The Morgan fingerprint density at radius 3 is 2.70 bits per heavy atom. The molecule has 0 aromatic heterocycles. The first-order valence-electron chi connectivity index (χ1n) is 7.30. The first-order valence-corrected chi connectivity index (χ1v) is 7.30. The zero-order valence-electron chi connectivity index (χ0n) is 12.4. The minimum Gasteiger partial charge on any atom is -0.317 e. The lowest BCUT2D eigenvalue weighted by Gasteiger charge is -2.31. The van der Waals surface area contributed by atoms with Gasteiger partial charge in [0.2, 0.25) is 0 Å². The van der Waals surface area contributed by atoms with E-state index in [0.717, 1.165) is 37.5 Å². The van der Waals surface area contributed by atoms with Crippen molar-refractivity contribution in [2.75, 3.05) is 26.7 Å². The van der Waals surface area contributed by atoms with Gasteiger partial charge in [0.05, 0.1) is 0 Å². The van der Waals surface area contributed by atoms with Crippen LogP contribution in [-0.4, -0.2) is 37.6 Å². The Labute approximate surface area is 128 Å². The maximum Gasteiger partial charge on any atom is 0.123 e. The summed E-state index contributed by atoms with van der Waals surface area (Å²) in [7, 11) is 2.19. The largest absolute Gasteiger partial charge is 0.317 e. The van der Waals surface area contributed by atoms with Crippen LogP contribution >= 0.6 is 12.4 Å². The van der Waals surface area contributed by atoms with E-state index in [1.807, 2.05) is 6.07 Å². The molecule has 0 spiro atoms. The summed E-state index contributed by atoms with van der Waals surface area (Å²) in [6.45, 7) is 5.68. The number of rotatable bonds is 5. The number of piperidine rings is 1. The van der Waals surface area contributed by atoms with E-state index in [9.17, 15) is 4.39 Å². The molecular formula is C16H26ClFN2. The van der Waals surface area contributed by atoms with E-state index in [1.165, 1.54) is 18.9 Å². The smallest absolute Gasteiger partial charge is 0.123 e. The van der Waals surface area contributed by atoms with Gasteiger partial charge >= 0.3 is 0 Å². The number of likely N-dealkylation sites (N-methyl/N-ethyl adjacent to an activating group) is 1. The molecule has 114 valence electrons. The minimum absolute atomic E-state index is 0. The predicted molar refractivity (Wildman–Crippen MR) is 85.0 cm³/mol. The molecule has 0 radical (unpaired) electrons. The summed E-state index contributed by atoms with van der Waals surface area (Å²) in [6, 6.07) is 7.42. The molecule has 1 heterocycles. The van der Waals surface area contributed by atoms with Crippen LogP contribution in [0.1, 0.15) is 25.3 Å². The summed E-state index contributed by atoms with van der Waals surface area (Å²) in [5, 5.41) is 3.40. The highest BCUT2D eigenvalue weighted by atomic mass is 35.5. The fourth-order valence-corrected chi connectivity index (χ4v) is 2.81. The third-order valence-corrected chi connectivity index (χ3v) is 4.18. The van der Waals surface area contributed by atoms with Gasteiger partial charge in [-0.2, -0.15) is 0 Å². The molecule has 0 saturated carbocycles. The molecule has 4 heteroatoms. The second kappa shape index (κ2) is 8.60. The van der Waals surface area contributed by atoms with Gasteiger partial charge in [0.25, 0.3) is 0 Å². The maximum atomic E-state index is 13.2. The van der Waals surface area contributed by atoms with E-state index < -0.39 is 0 Å². The van der Waals surface area contributed by atoms with Crippen LogP contribution in [0.4, 0.5) is 4.39 Å². The van der Waals surface area contributed by atoms with Crippen molar-refractivity contribution >= 4 is 12.4 Å². The number of halogens is 2. The highest BCUT2D eigenvalue weighted by Gasteiger charge is 2.18. The van der Waals surface area contributed by atoms with Crippen LogP contribution < -0.4 is 5.32 Å². The van der Waals surface area contributed by atoms with Crippen LogP contribution in [0.5, 0.6) is 0 Å². The number of hydrogen-bond acceptors (Lipinski definition) is 2. The van der Waals surface area contributed by atoms with Crippen molar-refractivity contribution in [3.05, 3.63) is 35.6 Å². The summed E-state index contributed by atoms with van der Waals surface area (Å²) in [5.74, 6) is 0.673. The molecule has 2 rings (SSSR count). The van der Waals surface area contributed by atoms with Gasteiger partial charge in [-0.15, -0.1) is 12.4 Å². The van der Waals surface area contributed by atoms with Crippen LogP contribution in [0.15, 0.2) is 24.3 Å². The van der Waals surface area contributed by atoms with Crippen LogP contribution in [-0.2, 0) is 6.42 Å². The van der Waals surface area contributed by atoms with E-state index >= 15 is 0 Å². The second-order valence-electron chi connectivity index (χ2n) is 5.82. The van der Waals surface area contributed by atoms with Crippen molar-refractivity contribution in [3.8, 4) is 0 Å². The summed E-state index contributed by atoms with van der Waals surface area (Å²) in [5.41, 5.74) is 1.09. The third-order valence-electron chi connectivity index (χ3n) is 4.18. The van der Waals surface area contributed by atoms with Gasteiger partial charge in [0, 0.05) is 12.6 Å². The third kappa shape index (κ3) is 5.39. The van der Waals surface area contributed by atoms with E-state index in [2.05, 4.69) is 24.2 Å². The Kier molecular flexibility index (Phi) is 7.49. The molecule has 1 N–H and O–H groups in total. The van der Waals surface area contributed by atoms with Crippen LogP contribution in [0.2, 0.25) is 0 Å². The quantitative estimate of drug-likeness (QED) is 0.899. The Bertz CT molecular complexity index is 394. The number of nitrogens with zero attached hydrogens (tertiary/aromatic N) is 1. The van der Waals surface area contributed by atoms with Gasteiger partial charge in [0.1, 0.15) is 5.82 Å². The first kappa shape index (κ1) is 17.4. The molecule has 1 aliphatic rings. The van der Waals surface area contributed by atoms with Crippen molar-refractivity contribution in [2.24, 2.45) is 5.92 Å². The van der Waals surface area contributed by atoms with Crippen LogP contribution in [0, 0.1) is 11.7 Å². The molecule has 0 aliphatic carbocycles. The highest BCUT2D eigenvalue weighted by molar-refractivity contribution is 5.85. The topological polar surface area (TPSA) is 15.3 Å². The fraction of sp³-hybridized carbons (Fsp3) is 0.625. The number of nitrogens with one attached hydrogen (secondary N) is 1. The summed E-state index contributed by atoms with van der Waals surface area (Å²) < 4.78 is 13.2. The van der Waals surface area contributed by atoms with Crippen molar-refractivity contribution in [1.29, 1.82) is 0 Å². The van der Waals surface area contributed by atoms with Crippen LogP contribution in [0.25, 0.3) is 0 Å². The number of hydrogen-bond donors (Lipinski definition) is 1. The van der Waals surface area contributed by atoms with Crippen molar-refractivity contribution in [1.82, 2.24) is 10.2 Å². The molecule has 1 aromatic rings. The SMILES string of the molecule is CC(Cc1cccc(F)c1)N(C)CC1CCNCC1.Cl. The highest BCUT2D eigenvalue weighted by Crippen LogP contribution is 2.16. The molecule has 1 unspecified atom stereocenters. The molecular weight excluding hydrogens is 275 g/mol. The molecule has 2 nitrogen and oxygen atoms in total. The fourth-order valence-electron chi connectivity index (χ4n) is 2.81. The lowest BCUT2D eigenvalue weighted by atomic mass is 9.96. The Balaban J connectivity index is 0.00000200. The van der Waals surface area contributed by atoms with E-state index in [1.54, 1.807) is 12.1 Å². The minimum atomic E-state index is -0.134. The Morgan fingerprint density at radius 2 is 2.05 bits per heavy atom. The lowest BCUT2D eigenvalue weighted by Crippen LogP contribution is -2.39. The molecule has 1 saturated heterocycles.